The molecule has 0 saturated heterocycles. The van der Waals surface area contributed by atoms with Gasteiger partial charge >= 0.3 is 0 Å². The molecule has 0 aromatic heterocycles. The molecule has 142 valence electrons. The Hall–Kier alpha value is 0. The van der Waals surface area contributed by atoms with Crippen LogP contribution in [0.25, 0.3) is 0 Å². The standard InChI is InChI=1S/C5H12.C3H8.C2H6.7CH4.10H2/c1-4-5(2)3;1-3-2;1-2;;;;;;;;;;;;;;;;;/h5H,4H2,1-3H3;3H2,1-2H3;1-2H3;7*1H4;10*1H. The van der Waals surface area contributed by atoms with Gasteiger partial charge in [0, 0.05) is 14.3 Å². The van der Waals surface area contributed by atoms with Crippen molar-refractivity contribution in [3.8, 4) is 0 Å². The summed E-state index contributed by atoms with van der Waals surface area (Å²) in [6.45, 7) is 14.9. The van der Waals surface area contributed by atoms with Gasteiger partial charge in [-0.3, -0.25) is 0 Å². The van der Waals surface area contributed by atoms with E-state index in [9.17, 15) is 0 Å². The van der Waals surface area contributed by atoms with E-state index < -0.39 is 0 Å². The van der Waals surface area contributed by atoms with Crippen LogP contribution in [0.15, 0.2) is 0 Å². The van der Waals surface area contributed by atoms with Gasteiger partial charge in [-0.2, -0.15) is 0 Å². The Balaban J connectivity index is -0.00000000119. The lowest BCUT2D eigenvalue weighted by molar-refractivity contribution is 0.626. The summed E-state index contributed by atoms with van der Waals surface area (Å²) in [5.41, 5.74) is 0. The minimum atomic E-state index is 0. The third-order valence-electron chi connectivity index (χ3n) is 0.816. The quantitative estimate of drug-likeness (QED) is 0.447. The lowest BCUT2D eigenvalue weighted by atomic mass is 10.2. The first-order valence-electron chi connectivity index (χ1n) is 4.68. The molecule has 0 N–H and O–H groups in total. The predicted molar refractivity (Wildman–Crippen MR) is 121 cm³/mol. The van der Waals surface area contributed by atoms with Crippen molar-refractivity contribution < 1.29 is 14.3 Å². The number of hydrogen-bond acceptors (Lipinski definition) is 0. The van der Waals surface area contributed by atoms with Gasteiger partial charge in [-0.05, 0) is 5.92 Å². The van der Waals surface area contributed by atoms with Crippen LogP contribution in [0.3, 0.4) is 0 Å². The molecular formula is C17H74. The molecule has 0 aromatic rings. The molecule has 0 aliphatic rings. The van der Waals surface area contributed by atoms with Crippen molar-refractivity contribution in [2.24, 2.45) is 5.92 Å². The highest BCUT2D eigenvalue weighted by molar-refractivity contribution is 4.32. The van der Waals surface area contributed by atoms with Gasteiger partial charge in [-0.15, -0.1) is 0 Å². The first-order chi connectivity index (χ1) is 4.68. The average molecular weight is 279 g/mol. The summed E-state index contributed by atoms with van der Waals surface area (Å²) < 4.78 is 0. The van der Waals surface area contributed by atoms with Gasteiger partial charge < -0.3 is 0 Å². The predicted octanol–water partition coefficient (Wildman–Crippen LogP) is 11.4. The van der Waals surface area contributed by atoms with Crippen molar-refractivity contribution in [3.05, 3.63) is 0 Å². The zero-order valence-electron chi connectivity index (χ0n) is 8.99. The first-order valence-corrected chi connectivity index (χ1v) is 4.68. The van der Waals surface area contributed by atoms with Crippen molar-refractivity contribution in [1.29, 1.82) is 0 Å². The molecule has 0 heteroatoms. The summed E-state index contributed by atoms with van der Waals surface area (Å²) in [5.74, 6) is 0.884. The Bertz CT molecular complexity index is 46.9. The van der Waals surface area contributed by atoms with Crippen molar-refractivity contribution in [1.82, 2.24) is 0 Å². The van der Waals surface area contributed by atoms with E-state index in [4.69, 9.17) is 0 Å². The Kier molecular flexibility index (Phi) is 752. The van der Waals surface area contributed by atoms with Crippen LogP contribution >= 0.6 is 0 Å². The molecule has 0 saturated carbocycles. The average Bonchev–Trinajstić information content (AvgIpc) is 1.94. The smallest absolute Gasteiger partial charge is 0 e. The Morgan fingerprint density at radius 1 is 0.647 bits per heavy atom. The normalized spacial score (nSPS) is 4.24. The molecule has 0 rings (SSSR count). The van der Waals surface area contributed by atoms with E-state index in [-0.39, 0.29) is 66.3 Å². The topological polar surface area (TPSA) is 0 Å². The van der Waals surface area contributed by atoms with E-state index in [1.165, 1.54) is 12.8 Å². The Morgan fingerprint density at radius 3 is 0.706 bits per heavy atom. The van der Waals surface area contributed by atoms with E-state index in [0.29, 0.717) is 0 Å². The molecular weight excluding hydrogens is 204 g/mol. The maximum absolute atomic E-state index is 2.22. The van der Waals surface area contributed by atoms with E-state index in [2.05, 4.69) is 34.6 Å². The van der Waals surface area contributed by atoms with Gasteiger partial charge in [0.1, 0.15) is 0 Å². The van der Waals surface area contributed by atoms with E-state index in [1.54, 1.807) is 0 Å². The van der Waals surface area contributed by atoms with E-state index in [0.717, 1.165) is 5.92 Å². The van der Waals surface area contributed by atoms with Gasteiger partial charge in [-0.25, -0.2) is 0 Å². The molecule has 0 aromatic carbocycles. The molecule has 0 unspecified atom stereocenters. The highest BCUT2D eigenvalue weighted by atomic mass is 13.9. The van der Waals surface area contributed by atoms with Crippen LogP contribution in [0, 0.1) is 5.92 Å². The molecule has 0 fully saturated rings. The second kappa shape index (κ2) is 144. The minimum Gasteiger partial charge on any atom is -0.0776 e. The zero-order valence-corrected chi connectivity index (χ0v) is 8.99. The SMILES string of the molecule is C.C.C.C.C.C.C.CC.CCC.CCC(C)C.[HH].[HH].[HH].[HH].[HH].[HH].[HH].[HH].[HH].[HH]. The van der Waals surface area contributed by atoms with Crippen LogP contribution in [0.5, 0.6) is 0 Å². The van der Waals surface area contributed by atoms with Crippen LogP contribution in [-0.2, 0) is 0 Å². The summed E-state index contributed by atoms with van der Waals surface area (Å²) in [6.07, 6.45) is 2.56. The molecule has 0 bridgehead atoms. The highest BCUT2D eigenvalue weighted by Gasteiger charge is 1.80. The minimum absolute atomic E-state index is 0. The first kappa shape index (κ1) is 88.8. The third kappa shape index (κ3) is 784. The molecule has 0 atom stereocenters. The van der Waals surface area contributed by atoms with Gasteiger partial charge in [0.25, 0.3) is 0 Å². The summed E-state index contributed by atoms with van der Waals surface area (Å²) in [4.78, 5) is 0. The van der Waals surface area contributed by atoms with Gasteiger partial charge in [0.05, 0.1) is 0 Å². The zero-order chi connectivity index (χ0) is 8.99. The maximum Gasteiger partial charge on any atom is 0 e. The second-order valence-corrected chi connectivity index (χ2v) is 2.51. The van der Waals surface area contributed by atoms with Crippen molar-refractivity contribution in [2.75, 3.05) is 0 Å². The molecule has 0 aliphatic heterocycles. The van der Waals surface area contributed by atoms with Crippen molar-refractivity contribution in [3.63, 3.8) is 0 Å². The van der Waals surface area contributed by atoms with Crippen LogP contribution < -0.4 is 0 Å². The van der Waals surface area contributed by atoms with Gasteiger partial charge in [0.15, 0.2) is 0 Å². The van der Waals surface area contributed by atoms with Gasteiger partial charge in [0.2, 0.25) is 0 Å². The third-order valence-corrected chi connectivity index (χ3v) is 0.816. The monoisotopic (exact) mass is 279 g/mol. The number of rotatable bonds is 1. The van der Waals surface area contributed by atoms with E-state index in [1.807, 2.05) is 13.8 Å². The second-order valence-electron chi connectivity index (χ2n) is 2.51. The van der Waals surface area contributed by atoms with Crippen LogP contribution in [0.2, 0.25) is 0 Å². The lowest BCUT2D eigenvalue weighted by Crippen LogP contribution is -1.77. The van der Waals surface area contributed by atoms with Crippen molar-refractivity contribution in [2.45, 2.75) is 113 Å². The molecule has 0 radical (unpaired) electrons. The lowest BCUT2D eigenvalue weighted by Gasteiger charge is -1.90. The molecule has 0 spiro atoms. The molecule has 0 heterocycles. The highest BCUT2D eigenvalue weighted by Crippen LogP contribution is 1.93. The Morgan fingerprint density at radius 2 is 0.706 bits per heavy atom. The van der Waals surface area contributed by atoms with Crippen molar-refractivity contribution >= 4 is 0 Å². The molecule has 0 amide bonds. The summed E-state index contributed by atoms with van der Waals surface area (Å²) in [5, 5.41) is 0. The molecule has 17 heavy (non-hydrogen) atoms. The molecule has 0 nitrogen and oxygen atoms in total. The largest absolute Gasteiger partial charge is 0.0776 e. The number of hydrogen-bond donors (Lipinski definition) is 0. The fourth-order valence-corrected chi connectivity index (χ4v) is 0. The summed E-state index contributed by atoms with van der Waals surface area (Å²) in [6, 6.07) is 0. The van der Waals surface area contributed by atoms with Crippen LogP contribution in [-0.4, -0.2) is 0 Å². The van der Waals surface area contributed by atoms with Gasteiger partial charge in [-0.1, -0.05) is 113 Å². The van der Waals surface area contributed by atoms with Crippen LogP contribution in [0.1, 0.15) is 128 Å². The Labute approximate surface area is 134 Å². The summed E-state index contributed by atoms with van der Waals surface area (Å²) in [7, 11) is 0. The fourth-order valence-electron chi connectivity index (χ4n) is 0. The maximum atomic E-state index is 2.22. The van der Waals surface area contributed by atoms with E-state index >= 15 is 0 Å². The van der Waals surface area contributed by atoms with Crippen LogP contribution in [0.4, 0.5) is 0 Å². The molecule has 0 aliphatic carbocycles. The summed E-state index contributed by atoms with van der Waals surface area (Å²) >= 11 is 0. The fraction of sp³-hybridized carbons (Fsp3) is 1.00.